The van der Waals surface area contributed by atoms with Gasteiger partial charge in [0, 0.05) is 64.3 Å². The number of nitrogens with one attached hydrogen (secondary N) is 4. The monoisotopic (exact) mass is 1100 g/mol. The number of aromatic nitrogens is 3. The summed E-state index contributed by atoms with van der Waals surface area (Å²) in [5.41, 5.74) is 7.45. The SMILES string of the molecule is C#CC.CC(C)(C)OC(=O)CC[C@H](NC(=O)N[C@@H](CCCCN=[N+]=[N-])C(C)(C)C)C(=O)OC(C)(C)C.COCCCOCc1cn(CCCC[C@H](NC(=O)N[C@@H](CCC(=O)O)C(=O)O)C(=O)O)nn1.COCCO.O=C=O. The van der Waals surface area contributed by atoms with Crippen LogP contribution in [0.25, 0.3) is 10.4 Å². The van der Waals surface area contributed by atoms with Gasteiger partial charge < -0.3 is 65.4 Å². The molecular formula is C49H86N10O18. The second kappa shape index (κ2) is 45.3. The molecule has 1 aromatic heterocycles. The Hall–Kier alpha value is -6.88. The number of unbranched alkanes of at least 4 members (excludes halogenated alkanes) is 2. The van der Waals surface area contributed by atoms with E-state index in [0.717, 1.165) is 19.3 Å². The van der Waals surface area contributed by atoms with Crippen LogP contribution in [0.4, 0.5) is 9.59 Å². The summed E-state index contributed by atoms with van der Waals surface area (Å²) in [6.07, 6.45) is 9.91. The molecule has 77 heavy (non-hydrogen) atoms. The molecule has 0 saturated carbocycles. The zero-order valence-electron chi connectivity index (χ0n) is 46.9. The maximum atomic E-state index is 12.8. The second-order valence-corrected chi connectivity index (χ2v) is 19.5. The molecule has 0 spiro atoms. The first-order chi connectivity index (χ1) is 35.9. The van der Waals surface area contributed by atoms with E-state index < -0.39 is 77.7 Å². The summed E-state index contributed by atoms with van der Waals surface area (Å²) in [7, 11) is 3.17. The van der Waals surface area contributed by atoms with Crippen molar-refractivity contribution < 1.29 is 87.3 Å². The van der Waals surface area contributed by atoms with Gasteiger partial charge in [0.25, 0.3) is 0 Å². The smallest absolute Gasteiger partial charge is 0.373 e. The molecule has 1 heterocycles. The van der Waals surface area contributed by atoms with E-state index >= 15 is 0 Å². The number of carbonyl (C=O) groups is 7. The number of rotatable bonds is 31. The lowest BCUT2D eigenvalue weighted by Gasteiger charge is -2.32. The second-order valence-electron chi connectivity index (χ2n) is 19.5. The Morgan fingerprint density at radius 1 is 0.740 bits per heavy atom. The summed E-state index contributed by atoms with van der Waals surface area (Å²) in [6, 6.07) is -5.35. The van der Waals surface area contributed by atoms with Crippen LogP contribution in [0.1, 0.15) is 146 Å². The molecule has 1 aromatic rings. The zero-order valence-corrected chi connectivity index (χ0v) is 46.9. The first kappa shape index (κ1) is 76.6. The lowest BCUT2D eigenvalue weighted by Crippen LogP contribution is -2.53. The molecule has 28 nitrogen and oxygen atoms in total. The van der Waals surface area contributed by atoms with Crippen LogP contribution >= 0.6 is 0 Å². The Bertz CT molecular complexity index is 1960. The van der Waals surface area contributed by atoms with E-state index in [-0.39, 0.29) is 49.9 Å². The van der Waals surface area contributed by atoms with Crippen molar-refractivity contribution in [2.45, 2.75) is 188 Å². The summed E-state index contributed by atoms with van der Waals surface area (Å²) >= 11 is 0. The number of carboxylic acids is 3. The molecule has 0 bridgehead atoms. The highest BCUT2D eigenvalue weighted by Crippen LogP contribution is 2.24. The number of carbonyl (C=O) groups excluding carboxylic acids is 6. The van der Waals surface area contributed by atoms with Crippen LogP contribution in [0.3, 0.4) is 0 Å². The molecule has 440 valence electrons. The van der Waals surface area contributed by atoms with Crippen molar-refractivity contribution in [3.05, 3.63) is 22.3 Å². The van der Waals surface area contributed by atoms with Crippen LogP contribution < -0.4 is 21.3 Å². The third-order valence-electron chi connectivity index (χ3n) is 9.22. The largest absolute Gasteiger partial charge is 0.481 e. The number of terminal acetylenes is 1. The van der Waals surface area contributed by atoms with Gasteiger partial charge in [0.2, 0.25) is 0 Å². The first-order valence-electron chi connectivity index (χ1n) is 24.6. The Morgan fingerprint density at radius 3 is 1.71 bits per heavy atom. The van der Waals surface area contributed by atoms with Crippen LogP contribution in [0.15, 0.2) is 11.3 Å². The molecule has 4 atom stereocenters. The number of esters is 2. The van der Waals surface area contributed by atoms with Crippen LogP contribution in [-0.4, -0.2) is 166 Å². The summed E-state index contributed by atoms with van der Waals surface area (Å²) in [6.45, 7) is 21.2. The quantitative estimate of drug-likeness (QED) is 0.0124. The van der Waals surface area contributed by atoms with Gasteiger partial charge >= 0.3 is 48.1 Å². The number of nitrogens with zero attached hydrogens (tertiary/aromatic N) is 6. The number of hydrogen-bond donors (Lipinski definition) is 8. The molecule has 0 radical (unpaired) electrons. The number of ether oxygens (including phenoxy) is 5. The maximum Gasteiger partial charge on any atom is 0.373 e. The zero-order chi connectivity index (χ0) is 60.0. The lowest BCUT2D eigenvalue weighted by molar-refractivity contribution is -0.192. The van der Waals surface area contributed by atoms with Gasteiger partial charge in [-0.3, -0.25) is 14.3 Å². The van der Waals surface area contributed by atoms with E-state index in [1.165, 1.54) is 0 Å². The average molecular weight is 1100 g/mol. The first-order valence-corrected chi connectivity index (χ1v) is 24.6. The van der Waals surface area contributed by atoms with Crippen molar-refractivity contribution in [3.63, 3.8) is 0 Å². The molecule has 0 aromatic carbocycles. The van der Waals surface area contributed by atoms with Crippen LogP contribution in [0.2, 0.25) is 0 Å². The molecule has 0 aliphatic carbocycles. The molecule has 28 heteroatoms. The minimum absolute atomic E-state index is 0.0381. The molecule has 0 saturated heterocycles. The molecule has 0 unspecified atom stereocenters. The number of hydrogen-bond acceptors (Lipinski definition) is 18. The van der Waals surface area contributed by atoms with E-state index in [0.29, 0.717) is 64.5 Å². The lowest BCUT2D eigenvalue weighted by atomic mass is 9.84. The van der Waals surface area contributed by atoms with Crippen LogP contribution in [-0.2, 0) is 70.4 Å². The van der Waals surface area contributed by atoms with Crippen molar-refractivity contribution in [1.82, 2.24) is 36.3 Å². The number of azide groups is 1. The Labute approximate surface area is 451 Å². The fraction of sp³-hybridized carbons (Fsp3) is 0.755. The summed E-state index contributed by atoms with van der Waals surface area (Å²) < 4.78 is 27.2. The predicted molar refractivity (Wildman–Crippen MR) is 277 cm³/mol. The molecule has 0 aliphatic heterocycles. The normalized spacial score (nSPS) is 12.1. The van der Waals surface area contributed by atoms with Crippen molar-refractivity contribution in [1.29, 1.82) is 0 Å². The van der Waals surface area contributed by atoms with Gasteiger partial charge in [-0.15, -0.1) is 17.4 Å². The highest BCUT2D eigenvalue weighted by molar-refractivity contribution is 5.86. The molecule has 8 N–H and O–H groups in total. The number of methoxy groups -OCH3 is 2. The number of amides is 4. The summed E-state index contributed by atoms with van der Waals surface area (Å²) in [5.74, 6) is -2.70. The fourth-order valence-electron chi connectivity index (χ4n) is 5.78. The van der Waals surface area contributed by atoms with Crippen molar-refractivity contribution in [3.8, 4) is 12.3 Å². The van der Waals surface area contributed by atoms with Gasteiger partial charge in [-0.1, -0.05) is 37.5 Å². The Morgan fingerprint density at radius 2 is 1.25 bits per heavy atom. The number of aliphatic hydroxyl groups excluding tert-OH is 1. The summed E-state index contributed by atoms with van der Waals surface area (Å²) in [4.78, 5) is 102. The molecule has 1 rings (SSSR count). The number of carboxylic acid groups (broad SMARTS) is 3. The number of aryl methyl sites for hydroxylation is 1. The van der Waals surface area contributed by atoms with Gasteiger partial charge in [-0.2, -0.15) is 9.59 Å². The third kappa shape index (κ3) is 49.7. The Kier molecular flexibility index (Phi) is 45.1. The van der Waals surface area contributed by atoms with Gasteiger partial charge in [-0.25, -0.2) is 24.0 Å². The molecule has 0 fully saturated rings. The Balaban J connectivity index is -0.000000579. The van der Waals surface area contributed by atoms with E-state index in [2.05, 4.69) is 58.7 Å². The van der Waals surface area contributed by atoms with Crippen molar-refractivity contribution in [2.75, 3.05) is 47.2 Å². The highest BCUT2D eigenvalue weighted by Gasteiger charge is 2.31. The van der Waals surface area contributed by atoms with Gasteiger partial charge in [0.05, 0.1) is 26.0 Å². The minimum Gasteiger partial charge on any atom is -0.481 e. The molecule has 4 amide bonds. The van der Waals surface area contributed by atoms with Gasteiger partial charge in [0.15, 0.2) is 0 Å². The van der Waals surface area contributed by atoms with Gasteiger partial charge in [-0.05, 0) is 111 Å². The van der Waals surface area contributed by atoms with E-state index in [9.17, 15) is 38.7 Å². The predicted octanol–water partition coefficient (Wildman–Crippen LogP) is 4.77. The van der Waals surface area contributed by atoms with E-state index in [1.54, 1.807) is 73.6 Å². The van der Waals surface area contributed by atoms with Gasteiger partial charge in [0.1, 0.15) is 35.0 Å². The maximum absolute atomic E-state index is 12.8. The van der Waals surface area contributed by atoms with E-state index in [1.807, 2.05) is 20.8 Å². The number of aliphatic carboxylic acids is 3. The third-order valence-corrected chi connectivity index (χ3v) is 9.22. The van der Waals surface area contributed by atoms with Crippen molar-refractivity contribution in [2.24, 2.45) is 10.5 Å². The van der Waals surface area contributed by atoms with Crippen molar-refractivity contribution >= 4 is 48.1 Å². The highest BCUT2D eigenvalue weighted by atomic mass is 16.6. The number of urea groups is 2. The van der Waals surface area contributed by atoms with E-state index in [4.69, 9.17) is 49.4 Å². The fourth-order valence-corrected chi connectivity index (χ4v) is 5.78. The molecular weight excluding hydrogens is 1020 g/mol. The summed E-state index contributed by atoms with van der Waals surface area (Å²) in [5, 5.41) is 56.4. The minimum atomic E-state index is -1.44. The van der Waals surface area contributed by atoms with Crippen LogP contribution in [0.5, 0.6) is 0 Å². The molecule has 0 aliphatic rings. The average Bonchev–Trinajstić information content (AvgIpc) is 3.76. The topological polar surface area (TPSA) is 408 Å². The standard InChI is InChI=1S/C23H43N5O5.C19H31N5O9.C3H8O2.C3H4.CO2/c1-21(2,3)17(12-10-11-15-25-28-24)27-20(31)26-16(19(30)33-23(7,8)9)13-14-18(29)32-22(4,5)6;1-32-9-4-10-33-12-13-11-24(23-22-13)8-3-2-5-14(17(27)28)20-19(31)21-15(18(29)30)6-7-16(25)26;1-5-3-2-4;1-3-2;2-1-3/h16-17H,10-15H2,1-9H3,(H2,26,27,31);11,14-15H,2-10,12H2,1H3,(H,25,26)(H,27,28)(H,29,30)(H2,20,21,31);4H,2-3H2,1H3;1H,2H3;/t16-,17-;14-,15-;;;/m00.../s1. The van der Waals surface area contributed by atoms with Crippen LogP contribution in [0, 0.1) is 17.8 Å². The number of aliphatic hydroxyl groups is 1.